The third-order valence-electron chi connectivity index (χ3n) is 12.0. The van der Waals surface area contributed by atoms with E-state index in [1.165, 1.54) is 61.1 Å². The lowest BCUT2D eigenvalue weighted by Gasteiger charge is -2.37. The number of cyclic esters (lactones) is 1. The fraction of sp³-hybridized carbons (Fsp3) is 0.578. The molecule has 344 valence electrons. The van der Waals surface area contributed by atoms with Gasteiger partial charge in [-0.3, -0.25) is 33.6 Å². The molecule has 0 spiro atoms. The summed E-state index contributed by atoms with van der Waals surface area (Å²) in [6.07, 6.45) is 0.782. The SMILES string of the molecule is CC[C@@H]1NC(=O)[C@H](C(C)C(C)C)N(C)C(=O)CN(C)C(=O)[C@H]2CCCN2C(=O)[C@@H](CC(C)C)NC(=O)[C@@H](NC(=O)c2ncccc2O)C(C)OC(=O)[C@H](c2ccccc2)N(C)C1=O. The van der Waals surface area contributed by atoms with E-state index < -0.39 is 114 Å². The summed E-state index contributed by atoms with van der Waals surface area (Å²) in [6, 6.07) is 3.37. The lowest BCUT2D eigenvalue weighted by atomic mass is 9.88. The van der Waals surface area contributed by atoms with Crippen LogP contribution < -0.4 is 16.0 Å². The van der Waals surface area contributed by atoms with Crippen molar-refractivity contribution in [3.8, 4) is 5.75 Å². The molecule has 0 saturated carbocycles. The maximum absolute atomic E-state index is 14.5. The number of hydrogen-bond donors (Lipinski definition) is 4. The van der Waals surface area contributed by atoms with Crippen molar-refractivity contribution in [3.63, 3.8) is 0 Å². The summed E-state index contributed by atoms with van der Waals surface area (Å²) < 4.78 is 5.96. The number of carbonyl (C=O) groups excluding carboxylic acids is 8. The summed E-state index contributed by atoms with van der Waals surface area (Å²) in [5.74, 6) is -6.94. The molecule has 8 atom stereocenters. The van der Waals surface area contributed by atoms with Crippen LogP contribution in [0.3, 0.4) is 0 Å². The Kier molecular flexibility index (Phi) is 17.2. The van der Waals surface area contributed by atoms with Crippen LogP contribution in [0.1, 0.15) is 96.2 Å². The van der Waals surface area contributed by atoms with Crippen LogP contribution in [0.25, 0.3) is 0 Å². The smallest absolute Gasteiger partial charge is 0.333 e. The van der Waals surface area contributed by atoms with Crippen molar-refractivity contribution in [1.82, 2.24) is 40.5 Å². The number of nitrogens with one attached hydrogen (secondary N) is 3. The Morgan fingerprint density at radius 2 is 1.52 bits per heavy atom. The number of ether oxygens (including phenoxy) is 1. The Labute approximate surface area is 369 Å². The molecule has 3 heterocycles. The summed E-state index contributed by atoms with van der Waals surface area (Å²) in [7, 11) is 4.29. The van der Waals surface area contributed by atoms with Crippen LogP contribution in [0.5, 0.6) is 5.75 Å². The molecule has 4 rings (SSSR count). The van der Waals surface area contributed by atoms with Crippen LogP contribution in [0.15, 0.2) is 48.7 Å². The average Bonchev–Trinajstić information content (AvgIpc) is 3.73. The Hall–Kier alpha value is -6.07. The predicted octanol–water partition coefficient (Wildman–Crippen LogP) is 2.02. The summed E-state index contributed by atoms with van der Waals surface area (Å²) in [5.41, 5.74) is -0.0862. The first-order valence-electron chi connectivity index (χ1n) is 21.6. The van der Waals surface area contributed by atoms with E-state index in [4.69, 9.17) is 4.74 Å². The molecule has 2 fully saturated rings. The molecular weight excluding hydrogens is 813 g/mol. The number of fused-ring (bicyclic) bond motifs is 1. The fourth-order valence-corrected chi connectivity index (χ4v) is 7.99. The molecule has 2 aliphatic rings. The van der Waals surface area contributed by atoms with Crippen molar-refractivity contribution in [2.75, 3.05) is 34.2 Å². The molecular formula is C45H64N8O10. The number of esters is 1. The number of aromatic nitrogens is 1. The molecule has 7 amide bonds. The fourth-order valence-electron chi connectivity index (χ4n) is 7.99. The summed E-state index contributed by atoms with van der Waals surface area (Å²) in [4.78, 5) is 123. The van der Waals surface area contributed by atoms with E-state index >= 15 is 0 Å². The van der Waals surface area contributed by atoms with Gasteiger partial charge in [0, 0.05) is 33.9 Å². The second kappa shape index (κ2) is 21.8. The van der Waals surface area contributed by atoms with E-state index in [1.807, 2.05) is 34.6 Å². The molecule has 0 radical (unpaired) electrons. The number of hydrogen-bond acceptors (Lipinski definition) is 11. The molecule has 0 aliphatic carbocycles. The van der Waals surface area contributed by atoms with Crippen LogP contribution in [0, 0.1) is 17.8 Å². The zero-order chi connectivity index (χ0) is 46.9. The van der Waals surface area contributed by atoms with Crippen molar-refractivity contribution < 1.29 is 48.2 Å². The molecule has 2 unspecified atom stereocenters. The number of nitrogens with zero attached hydrogens (tertiary/aromatic N) is 5. The Morgan fingerprint density at radius 3 is 2.13 bits per heavy atom. The van der Waals surface area contributed by atoms with Crippen LogP contribution >= 0.6 is 0 Å². The number of likely N-dealkylation sites (N-methyl/N-ethyl adjacent to an activating group) is 3. The van der Waals surface area contributed by atoms with Gasteiger partial charge in [-0.25, -0.2) is 9.78 Å². The second-order valence-electron chi connectivity index (χ2n) is 17.3. The summed E-state index contributed by atoms with van der Waals surface area (Å²) >= 11 is 0. The highest BCUT2D eigenvalue weighted by molar-refractivity contribution is 6.00. The van der Waals surface area contributed by atoms with E-state index in [0.717, 1.165) is 4.90 Å². The molecule has 2 aromatic rings. The third kappa shape index (κ3) is 11.9. The van der Waals surface area contributed by atoms with Crippen LogP contribution in [0.4, 0.5) is 0 Å². The number of rotatable bonds is 8. The van der Waals surface area contributed by atoms with E-state index in [0.29, 0.717) is 18.4 Å². The van der Waals surface area contributed by atoms with Crippen molar-refractivity contribution >= 4 is 47.3 Å². The van der Waals surface area contributed by atoms with Gasteiger partial charge in [0.15, 0.2) is 11.7 Å². The average molecular weight is 877 g/mol. The van der Waals surface area contributed by atoms with Crippen molar-refractivity contribution in [1.29, 1.82) is 0 Å². The maximum Gasteiger partial charge on any atom is 0.333 e. The summed E-state index contributed by atoms with van der Waals surface area (Å²) in [5, 5.41) is 18.5. The molecule has 1 aromatic carbocycles. The molecule has 2 saturated heterocycles. The highest BCUT2D eigenvalue weighted by Gasteiger charge is 2.43. The summed E-state index contributed by atoms with van der Waals surface area (Å²) in [6.45, 7) is 12.1. The first-order valence-corrected chi connectivity index (χ1v) is 21.6. The van der Waals surface area contributed by atoms with Crippen LogP contribution in [-0.2, 0) is 38.3 Å². The number of carbonyl (C=O) groups is 8. The maximum atomic E-state index is 14.5. The van der Waals surface area contributed by atoms with Gasteiger partial charge in [0.05, 0.1) is 6.54 Å². The topological polar surface area (TPSA) is 228 Å². The minimum absolute atomic E-state index is 0.0906. The molecule has 18 nitrogen and oxygen atoms in total. The highest BCUT2D eigenvalue weighted by Crippen LogP contribution is 2.27. The quantitative estimate of drug-likeness (QED) is 0.281. The minimum atomic E-state index is -1.69. The zero-order valence-electron chi connectivity index (χ0n) is 38.0. The third-order valence-corrected chi connectivity index (χ3v) is 12.0. The van der Waals surface area contributed by atoms with E-state index in [9.17, 15) is 43.5 Å². The van der Waals surface area contributed by atoms with E-state index in [-0.39, 0.29) is 31.2 Å². The minimum Gasteiger partial charge on any atom is -0.505 e. The highest BCUT2D eigenvalue weighted by atomic mass is 16.5. The van der Waals surface area contributed by atoms with Crippen molar-refractivity contribution in [2.45, 2.75) is 117 Å². The molecule has 4 N–H and O–H groups in total. The van der Waals surface area contributed by atoms with Gasteiger partial charge < -0.3 is 45.4 Å². The van der Waals surface area contributed by atoms with E-state index in [1.54, 1.807) is 37.3 Å². The molecule has 0 bridgehead atoms. The van der Waals surface area contributed by atoms with Crippen molar-refractivity contribution in [3.05, 3.63) is 59.9 Å². The first kappa shape index (κ1) is 49.6. The first-order chi connectivity index (χ1) is 29.7. The standard InChI is InChI=1S/C45H64N8O10/c1-11-30-42(59)52(10)38(29-17-13-12-14-18-29)45(62)63-28(7)35(49-40(57)36-33(54)20-15-21-46-36)39(56)48-31(23-25(2)3)43(60)53-22-16-19-32(53)44(61)50(8)24-34(55)51(9)37(41(58)47-30)27(6)26(4)5/h12-15,17-18,20-21,25-28,30-32,35,37-38,54H,11,16,19,22-24H2,1-10H3,(H,47,58)(H,48,56)(H,49,57)/t27?,28?,30-,31+,32+,35-,37-,38-/m0/s1. The normalized spacial score (nSPS) is 25.8. The van der Waals surface area contributed by atoms with Gasteiger partial charge in [-0.05, 0) is 68.1 Å². The van der Waals surface area contributed by atoms with Gasteiger partial charge in [0.1, 0.15) is 42.1 Å². The largest absolute Gasteiger partial charge is 0.505 e. The predicted molar refractivity (Wildman–Crippen MR) is 231 cm³/mol. The number of benzene rings is 1. The van der Waals surface area contributed by atoms with Gasteiger partial charge in [-0.1, -0.05) is 71.9 Å². The molecule has 2 aliphatic heterocycles. The van der Waals surface area contributed by atoms with Gasteiger partial charge >= 0.3 is 5.97 Å². The second-order valence-corrected chi connectivity index (χ2v) is 17.3. The van der Waals surface area contributed by atoms with Crippen LogP contribution in [0.2, 0.25) is 0 Å². The van der Waals surface area contributed by atoms with Gasteiger partial charge in [0.25, 0.3) is 5.91 Å². The van der Waals surface area contributed by atoms with Crippen LogP contribution in [-0.4, -0.2) is 148 Å². The Morgan fingerprint density at radius 1 is 0.873 bits per heavy atom. The zero-order valence-corrected chi connectivity index (χ0v) is 38.0. The van der Waals surface area contributed by atoms with Gasteiger partial charge in [-0.15, -0.1) is 0 Å². The van der Waals surface area contributed by atoms with Gasteiger partial charge in [-0.2, -0.15) is 0 Å². The number of amides is 7. The van der Waals surface area contributed by atoms with Gasteiger partial charge in [0.2, 0.25) is 35.4 Å². The Balaban J connectivity index is 1.86. The lowest BCUT2D eigenvalue weighted by molar-refractivity contribution is -0.161. The number of pyridine rings is 1. The Bertz CT molecular complexity index is 2000. The lowest BCUT2D eigenvalue weighted by Crippen LogP contribution is -2.60. The molecule has 18 heteroatoms. The molecule has 1 aromatic heterocycles. The number of aromatic hydroxyl groups is 1. The van der Waals surface area contributed by atoms with E-state index in [2.05, 4.69) is 20.9 Å². The van der Waals surface area contributed by atoms with Crippen molar-refractivity contribution in [2.24, 2.45) is 17.8 Å². The monoisotopic (exact) mass is 876 g/mol. The molecule has 63 heavy (non-hydrogen) atoms.